The van der Waals surface area contributed by atoms with Crippen LogP contribution in [-0.4, -0.2) is 42.8 Å². The molecule has 2 amide bonds. The van der Waals surface area contributed by atoms with Gasteiger partial charge in [-0.2, -0.15) is 13.2 Å². The number of halogens is 5. The van der Waals surface area contributed by atoms with E-state index in [0.29, 0.717) is 22.9 Å². The number of ether oxygens (including phenoxy) is 1. The molecule has 0 aliphatic carbocycles. The van der Waals surface area contributed by atoms with E-state index in [1.54, 1.807) is 25.1 Å². The highest BCUT2D eigenvalue weighted by Gasteiger charge is 2.33. The first kappa shape index (κ1) is 21.6. The van der Waals surface area contributed by atoms with Crippen molar-refractivity contribution in [3.05, 3.63) is 33.8 Å². The molecule has 2 rings (SSSR count). The van der Waals surface area contributed by atoms with Gasteiger partial charge in [0.05, 0.1) is 16.1 Å². The SMILES string of the molecule is CC(NC(=O)C1CCN(C(=O)OCC(F)(F)F)CC1)c1ccc(Cl)c(Cl)c1. The van der Waals surface area contributed by atoms with E-state index in [2.05, 4.69) is 10.1 Å². The van der Waals surface area contributed by atoms with Crippen molar-refractivity contribution in [2.45, 2.75) is 32.0 Å². The molecule has 1 atom stereocenters. The van der Waals surface area contributed by atoms with Gasteiger partial charge in [-0.05, 0) is 37.5 Å². The Morgan fingerprint density at radius 2 is 1.89 bits per heavy atom. The first-order valence-electron chi connectivity index (χ1n) is 8.30. The molecule has 5 nitrogen and oxygen atoms in total. The molecule has 0 saturated carbocycles. The number of carbonyl (C=O) groups is 2. The van der Waals surface area contributed by atoms with Crippen LogP contribution in [-0.2, 0) is 9.53 Å². The number of hydrogen-bond acceptors (Lipinski definition) is 3. The first-order valence-corrected chi connectivity index (χ1v) is 9.06. The van der Waals surface area contributed by atoms with Crippen LogP contribution in [0.15, 0.2) is 18.2 Å². The highest BCUT2D eigenvalue weighted by Crippen LogP contribution is 2.26. The lowest BCUT2D eigenvalue weighted by molar-refractivity contribution is -0.162. The summed E-state index contributed by atoms with van der Waals surface area (Å²) >= 11 is 11.9. The van der Waals surface area contributed by atoms with E-state index in [9.17, 15) is 22.8 Å². The van der Waals surface area contributed by atoms with Crippen LogP contribution in [0.3, 0.4) is 0 Å². The fourth-order valence-corrected chi connectivity index (χ4v) is 3.06. The normalized spacial score (nSPS) is 16.7. The molecule has 1 heterocycles. The Balaban J connectivity index is 1.82. The van der Waals surface area contributed by atoms with E-state index in [0.717, 1.165) is 5.56 Å². The van der Waals surface area contributed by atoms with E-state index in [1.165, 1.54) is 4.90 Å². The van der Waals surface area contributed by atoms with Gasteiger partial charge >= 0.3 is 12.3 Å². The molecule has 0 aromatic heterocycles. The second kappa shape index (κ2) is 9.01. The third-order valence-corrected chi connectivity index (χ3v) is 5.02. The van der Waals surface area contributed by atoms with E-state index in [-0.39, 0.29) is 31.0 Å². The third kappa shape index (κ3) is 6.46. The summed E-state index contributed by atoms with van der Waals surface area (Å²) in [5.41, 5.74) is 0.797. The molecule has 1 fully saturated rings. The Morgan fingerprint density at radius 1 is 1.26 bits per heavy atom. The van der Waals surface area contributed by atoms with Crippen LogP contribution < -0.4 is 5.32 Å². The zero-order valence-electron chi connectivity index (χ0n) is 14.5. The largest absolute Gasteiger partial charge is 0.440 e. The van der Waals surface area contributed by atoms with E-state index in [1.807, 2.05) is 0 Å². The van der Waals surface area contributed by atoms with Crippen LogP contribution in [0.2, 0.25) is 10.0 Å². The van der Waals surface area contributed by atoms with E-state index < -0.39 is 18.9 Å². The number of likely N-dealkylation sites (tertiary alicyclic amines) is 1. The minimum Gasteiger partial charge on any atom is -0.440 e. The van der Waals surface area contributed by atoms with Crippen molar-refractivity contribution in [1.29, 1.82) is 0 Å². The summed E-state index contributed by atoms with van der Waals surface area (Å²) in [6, 6.07) is 4.79. The third-order valence-electron chi connectivity index (χ3n) is 4.29. The fraction of sp³-hybridized carbons (Fsp3) is 0.529. The van der Waals surface area contributed by atoms with Crippen molar-refractivity contribution in [3.63, 3.8) is 0 Å². The molecule has 0 spiro atoms. The lowest BCUT2D eigenvalue weighted by atomic mass is 9.95. The molecule has 1 aliphatic heterocycles. The van der Waals surface area contributed by atoms with E-state index >= 15 is 0 Å². The minimum absolute atomic E-state index is 0.163. The number of alkyl halides is 3. The van der Waals surface area contributed by atoms with Gasteiger partial charge in [-0.3, -0.25) is 4.79 Å². The van der Waals surface area contributed by atoms with Crippen LogP contribution >= 0.6 is 23.2 Å². The molecular weight excluding hydrogens is 408 g/mol. The number of nitrogens with zero attached hydrogens (tertiary/aromatic N) is 1. The molecule has 0 bridgehead atoms. The molecule has 1 N–H and O–H groups in total. The van der Waals surface area contributed by atoms with Crippen molar-refractivity contribution in [2.24, 2.45) is 5.92 Å². The molecular formula is C17H19Cl2F3N2O3. The molecule has 0 radical (unpaired) electrons. The van der Waals surface area contributed by atoms with Crippen LogP contribution in [0.25, 0.3) is 0 Å². The van der Waals surface area contributed by atoms with Crippen LogP contribution in [0.5, 0.6) is 0 Å². The van der Waals surface area contributed by atoms with Gasteiger partial charge in [-0.1, -0.05) is 29.3 Å². The quantitative estimate of drug-likeness (QED) is 0.766. The minimum atomic E-state index is -4.56. The predicted molar refractivity (Wildman–Crippen MR) is 94.7 cm³/mol. The number of nitrogens with one attached hydrogen (secondary N) is 1. The number of carbonyl (C=O) groups excluding carboxylic acids is 2. The summed E-state index contributed by atoms with van der Waals surface area (Å²) in [5, 5.41) is 3.69. The molecule has 1 saturated heterocycles. The van der Waals surface area contributed by atoms with Gasteiger partial charge in [0.1, 0.15) is 0 Å². The zero-order chi connectivity index (χ0) is 20.2. The van der Waals surface area contributed by atoms with Crippen molar-refractivity contribution >= 4 is 35.2 Å². The highest BCUT2D eigenvalue weighted by molar-refractivity contribution is 6.42. The lowest BCUT2D eigenvalue weighted by Gasteiger charge is -2.31. The van der Waals surface area contributed by atoms with Gasteiger partial charge in [-0.25, -0.2) is 4.79 Å². The Bertz CT molecular complexity index is 692. The van der Waals surface area contributed by atoms with Gasteiger partial charge in [0.25, 0.3) is 0 Å². The highest BCUT2D eigenvalue weighted by atomic mass is 35.5. The molecule has 27 heavy (non-hydrogen) atoms. The van der Waals surface area contributed by atoms with Gasteiger partial charge < -0.3 is 15.0 Å². The maximum atomic E-state index is 12.4. The van der Waals surface area contributed by atoms with Crippen LogP contribution in [0.4, 0.5) is 18.0 Å². The maximum absolute atomic E-state index is 12.4. The Labute approximate surface area is 164 Å². The molecule has 1 unspecified atom stereocenters. The van der Waals surface area contributed by atoms with Crippen LogP contribution in [0.1, 0.15) is 31.4 Å². The average Bonchev–Trinajstić information content (AvgIpc) is 2.61. The van der Waals surface area contributed by atoms with Crippen molar-refractivity contribution in [3.8, 4) is 0 Å². The van der Waals surface area contributed by atoms with Gasteiger partial charge in [0.2, 0.25) is 5.91 Å². The Kier molecular flexibility index (Phi) is 7.22. The molecule has 150 valence electrons. The number of hydrogen-bond donors (Lipinski definition) is 1. The second-order valence-electron chi connectivity index (χ2n) is 6.33. The Hall–Kier alpha value is -1.67. The second-order valence-corrected chi connectivity index (χ2v) is 7.15. The average molecular weight is 427 g/mol. The van der Waals surface area contributed by atoms with E-state index in [4.69, 9.17) is 23.2 Å². The number of amides is 2. The van der Waals surface area contributed by atoms with Crippen LogP contribution in [0, 0.1) is 5.92 Å². The summed E-state index contributed by atoms with van der Waals surface area (Å²) in [6.45, 7) is 0.514. The van der Waals surface area contributed by atoms with Crippen molar-refractivity contribution in [2.75, 3.05) is 19.7 Å². The molecule has 10 heteroatoms. The molecule has 1 aliphatic rings. The number of benzene rings is 1. The van der Waals surface area contributed by atoms with Crippen molar-refractivity contribution in [1.82, 2.24) is 10.2 Å². The summed E-state index contributed by atoms with van der Waals surface area (Å²) in [6.07, 6.45) is -4.88. The summed E-state index contributed by atoms with van der Waals surface area (Å²) in [7, 11) is 0. The van der Waals surface area contributed by atoms with Gasteiger partial charge in [0.15, 0.2) is 6.61 Å². The van der Waals surface area contributed by atoms with Crippen molar-refractivity contribution < 1.29 is 27.5 Å². The summed E-state index contributed by atoms with van der Waals surface area (Å²) in [4.78, 5) is 25.2. The van der Waals surface area contributed by atoms with Gasteiger partial charge in [0, 0.05) is 19.0 Å². The molecule has 1 aromatic rings. The smallest absolute Gasteiger partial charge is 0.422 e. The predicted octanol–water partition coefficient (Wildman–Crippen LogP) is 4.58. The Morgan fingerprint density at radius 3 is 2.44 bits per heavy atom. The zero-order valence-corrected chi connectivity index (χ0v) is 16.0. The standard InChI is InChI=1S/C17H19Cl2F3N2O3/c1-10(12-2-3-13(18)14(19)8-12)23-15(25)11-4-6-24(7-5-11)16(26)27-9-17(20,21)22/h2-3,8,10-11H,4-7,9H2,1H3,(H,23,25). The molecule has 1 aromatic carbocycles. The number of rotatable bonds is 4. The maximum Gasteiger partial charge on any atom is 0.422 e. The topological polar surface area (TPSA) is 58.6 Å². The fourth-order valence-electron chi connectivity index (χ4n) is 2.76. The lowest BCUT2D eigenvalue weighted by Crippen LogP contribution is -2.44. The monoisotopic (exact) mass is 426 g/mol. The summed E-state index contributed by atoms with van der Waals surface area (Å²) in [5.74, 6) is -0.515. The first-order chi connectivity index (χ1) is 12.6. The summed E-state index contributed by atoms with van der Waals surface area (Å²) < 4.78 is 40.5. The number of piperidine rings is 1. The van der Waals surface area contributed by atoms with Gasteiger partial charge in [-0.15, -0.1) is 0 Å².